The number of aromatic nitrogens is 1. The van der Waals surface area contributed by atoms with Gasteiger partial charge in [0.25, 0.3) is 5.91 Å². The molecule has 1 aromatic carbocycles. The summed E-state index contributed by atoms with van der Waals surface area (Å²) in [5, 5.41) is 13.6. The minimum Gasteiger partial charge on any atom is -0.481 e. The normalized spacial score (nSPS) is 20.8. The van der Waals surface area contributed by atoms with Gasteiger partial charge in [-0.2, -0.15) is 0 Å². The molecule has 2 unspecified atom stereocenters. The fraction of sp³-hybridized carbons (Fsp3) is 0.353. The van der Waals surface area contributed by atoms with E-state index in [4.69, 9.17) is 16.1 Å². The van der Waals surface area contributed by atoms with Crippen molar-refractivity contribution in [3.05, 3.63) is 41.0 Å². The molecule has 1 saturated heterocycles. The zero-order valence-corrected chi connectivity index (χ0v) is 13.9. The quantitative estimate of drug-likeness (QED) is 0.921. The smallest absolute Gasteiger partial charge is 0.308 e. The van der Waals surface area contributed by atoms with Crippen LogP contribution in [0, 0.1) is 11.8 Å². The lowest BCUT2D eigenvalue weighted by Crippen LogP contribution is -2.45. The van der Waals surface area contributed by atoms with Crippen molar-refractivity contribution in [3.8, 4) is 11.3 Å². The molecule has 1 amide bonds. The van der Waals surface area contributed by atoms with E-state index in [0.717, 1.165) is 0 Å². The molecule has 7 heteroatoms. The van der Waals surface area contributed by atoms with Crippen LogP contribution in [0.2, 0.25) is 5.02 Å². The number of hydrogen-bond acceptors (Lipinski definition) is 4. The first-order valence-corrected chi connectivity index (χ1v) is 8.07. The van der Waals surface area contributed by atoms with Gasteiger partial charge >= 0.3 is 5.97 Å². The molecule has 0 bridgehead atoms. The fourth-order valence-corrected chi connectivity index (χ4v) is 3.25. The number of piperidine rings is 1. The van der Waals surface area contributed by atoms with Gasteiger partial charge in [0.05, 0.1) is 10.9 Å². The number of carbonyl (C=O) groups excluding carboxylic acids is 1. The van der Waals surface area contributed by atoms with E-state index in [1.54, 1.807) is 24.3 Å². The number of amides is 1. The molecule has 1 N–H and O–H groups in total. The van der Waals surface area contributed by atoms with Crippen molar-refractivity contribution in [3.63, 3.8) is 0 Å². The van der Waals surface area contributed by atoms with Crippen LogP contribution >= 0.6 is 11.6 Å². The van der Waals surface area contributed by atoms with Gasteiger partial charge in [-0.05, 0) is 24.5 Å². The summed E-state index contributed by atoms with van der Waals surface area (Å²) >= 11 is 6.12. The number of halogens is 1. The summed E-state index contributed by atoms with van der Waals surface area (Å²) < 4.78 is 5.25. The molecule has 2 aromatic rings. The lowest BCUT2D eigenvalue weighted by atomic mass is 9.90. The average Bonchev–Trinajstić information content (AvgIpc) is 3.03. The highest BCUT2D eigenvalue weighted by Crippen LogP contribution is 2.29. The number of nitrogens with zero attached hydrogens (tertiary/aromatic N) is 2. The highest BCUT2D eigenvalue weighted by Gasteiger charge is 2.33. The van der Waals surface area contributed by atoms with Crippen molar-refractivity contribution in [2.45, 2.75) is 13.3 Å². The third-order valence-electron chi connectivity index (χ3n) is 4.16. The fourth-order valence-electron chi connectivity index (χ4n) is 3.02. The van der Waals surface area contributed by atoms with Crippen molar-refractivity contribution < 1.29 is 19.2 Å². The first-order chi connectivity index (χ1) is 11.5. The maximum Gasteiger partial charge on any atom is 0.308 e. The third kappa shape index (κ3) is 3.28. The molecule has 0 aliphatic carbocycles. The van der Waals surface area contributed by atoms with E-state index in [1.165, 1.54) is 4.90 Å². The van der Waals surface area contributed by atoms with Crippen molar-refractivity contribution >= 4 is 23.5 Å². The summed E-state index contributed by atoms with van der Waals surface area (Å²) in [6.07, 6.45) is 0.572. The van der Waals surface area contributed by atoms with Gasteiger partial charge in [0.1, 0.15) is 0 Å². The molecule has 1 aliphatic rings. The molecule has 0 spiro atoms. The number of carbonyl (C=O) groups is 2. The van der Waals surface area contributed by atoms with Crippen LogP contribution in [0.25, 0.3) is 11.3 Å². The van der Waals surface area contributed by atoms with E-state index < -0.39 is 11.9 Å². The SMILES string of the molecule is CC1CC(C(=O)O)CN(C(=O)c2cc(-c3ccccc3Cl)on2)C1. The van der Waals surface area contributed by atoms with Gasteiger partial charge in [-0.25, -0.2) is 0 Å². The molecule has 1 aromatic heterocycles. The Morgan fingerprint density at radius 1 is 1.33 bits per heavy atom. The Kier molecular flexibility index (Phi) is 4.57. The van der Waals surface area contributed by atoms with Crippen molar-refractivity contribution in [2.75, 3.05) is 13.1 Å². The molecule has 2 heterocycles. The first-order valence-electron chi connectivity index (χ1n) is 7.69. The minimum atomic E-state index is -0.878. The summed E-state index contributed by atoms with van der Waals surface area (Å²) in [5.41, 5.74) is 0.810. The molecule has 126 valence electrons. The van der Waals surface area contributed by atoms with Gasteiger partial charge in [-0.15, -0.1) is 0 Å². The van der Waals surface area contributed by atoms with Crippen LogP contribution < -0.4 is 0 Å². The topological polar surface area (TPSA) is 83.6 Å². The zero-order valence-electron chi connectivity index (χ0n) is 13.1. The monoisotopic (exact) mass is 348 g/mol. The third-order valence-corrected chi connectivity index (χ3v) is 4.49. The number of hydrogen-bond donors (Lipinski definition) is 1. The molecule has 1 aliphatic heterocycles. The van der Waals surface area contributed by atoms with E-state index in [9.17, 15) is 14.7 Å². The van der Waals surface area contributed by atoms with Crippen molar-refractivity contribution in [2.24, 2.45) is 11.8 Å². The van der Waals surface area contributed by atoms with Crippen LogP contribution in [0.4, 0.5) is 0 Å². The standard InChI is InChI=1S/C17H17ClN2O4/c1-10-6-11(17(22)23)9-20(8-10)16(21)14-7-15(24-19-14)12-4-2-3-5-13(12)18/h2-5,7,10-11H,6,8-9H2,1H3,(H,22,23). The minimum absolute atomic E-state index is 0.124. The number of benzene rings is 1. The lowest BCUT2D eigenvalue weighted by molar-refractivity contribution is -0.143. The number of likely N-dealkylation sites (tertiary alicyclic amines) is 1. The van der Waals surface area contributed by atoms with Gasteiger partial charge in [-0.3, -0.25) is 9.59 Å². The predicted octanol–water partition coefficient (Wildman–Crippen LogP) is 3.18. The Hall–Kier alpha value is -2.34. The summed E-state index contributed by atoms with van der Waals surface area (Å²) in [7, 11) is 0. The molecule has 24 heavy (non-hydrogen) atoms. The van der Waals surface area contributed by atoms with Crippen LogP contribution in [-0.4, -0.2) is 40.1 Å². The van der Waals surface area contributed by atoms with Gasteiger partial charge in [-0.1, -0.05) is 35.8 Å². The second kappa shape index (κ2) is 6.65. The predicted molar refractivity (Wildman–Crippen MR) is 87.8 cm³/mol. The van der Waals surface area contributed by atoms with Gasteiger partial charge < -0.3 is 14.5 Å². The van der Waals surface area contributed by atoms with Crippen molar-refractivity contribution in [1.29, 1.82) is 0 Å². The summed E-state index contributed by atoms with van der Waals surface area (Å²) in [4.78, 5) is 25.4. The molecule has 1 fully saturated rings. The van der Waals surface area contributed by atoms with Gasteiger partial charge in [0.2, 0.25) is 0 Å². The lowest BCUT2D eigenvalue weighted by Gasteiger charge is -2.34. The number of carboxylic acid groups (broad SMARTS) is 1. The van der Waals surface area contributed by atoms with Crippen LogP contribution in [0.3, 0.4) is 0 Å². The Morgan fingerprint density at radius 2 is 2.08 bits per heavy atom. The number of aliphatic carboxylic acids is 1. The molecule has 0 radical (unpaired) electrons. The molecular weight excluding hydrogens is 332 g/mol. The summed E-state index contributed by atoms with van der Waals surface area (Å²) in [6, 6.07) is 8.66. The second-order valence-corrected chi connectivity index (χ2v) is 6.55. The zero-order chi connectivity index (χ0) is 17.3. The van der Waals surface area contributed by atoms with E-state index in [0.29, 0.717) is 29.3 Å². The Bertz CT molecular complexity index is 773. The molecule has 6 nitrogen and oxygen atoms in total. The second-order valence-electron chi connectivity index (χ2n) is 6.14. The maximum atomic E-state index is 12.6. The Morgan fingerprint density at radius 3 is 2.79 bits per heavy atom. The Balaban J connectivity index is 1.81. The van der Waals surface area contributed by atoms with Crippen molar-refractivity contribution in [1.82, 2.24) is 10.1 Å². The van der Waals surface area contributed by atoms with E-state index >= 15 is 0 Å². The van der Waals surface area contributed by atoms with Crippen LogP contribution in [0.5, 0.6) is 0 Å². The average molecular weight is 349 g/mol. The molecular formula is C17H17ClN2O4. The highest BCUT2D eigenvalue weighted by molar-refractivity contribution is 6.33. The van der Waals surface area contributed by atoms with E-state index in [1.807, 2.05) is 13.0 Å². The number of carboxylic acids is 1. The largest absolute Gasteiger partial charge is 0.481 e. The van der Waals surface area contributed by atoms with Crippen LogP contribution in [0.15, 0.2) is 34.9 Å². The summed E-state index contributed by atoms with van der Waals surface area (Å²) in [5.74, 6) is -1.22. The first kappa shape index (κ1) is 16.5. The van der Waals surface area contributed by atoms with Crippen LogP contribution in [0.1, 0.15) is 23.8 Å². The Labute approximate surface area is 144 Å². The van der Waals surface area contributed by atoms with E-state index in [-0.39, 0.29) is 24.1 Å². The molecule has 3 rings (SSSR count). The molecule has 2 atom stereocenters. The highest BCUT2D eigenvalue weighted by atomic mass is 35.5. The van der Waals surface area contributed by atoms with Crippen LogP contribution in [-0.2, 0) is 4.79 Å². The summed E-state index contributed by atoms with van der Waals surface area (Å²) in [6.45, 7) is 2.64. The van der Waals surface area contributed by atoms with Gasteiger partial charge in [0.15, 0.2) is 11.5 Å². The van der Waals surface area contributed by atoms with E-state index in [2.05, 4.69) is 5.16 Å². The van der Waals surface area contributed by atoms with Gasteiger partial charge in [0, 0.05) is 24.7 Å². The molecule has 0 saturated carbocycles. The maximum absolute atomic E-state index is 12.6. The number of rotatable bonds is 3.